The van der Waals surface area contributed by atoms with Crippen LogP contribution in [0.1, 0.15) is 43.6 Å². The number of nitrogens with one attached hydrogen (secondary N) is 2. The summed E-state index contributed by atoms with van der Waals surface area (Å²) in [6.45, 7) is 7.95. The Balaban J connectivity index is 1.69. The van der Waals surface area contributed by atoms with Crippen LogP contribution in [0, 0.1) is 6.92 Å². The maximum absolute atomic E-state index is 12.2. The fourth-order valence-corrected chi connectivity index (χ4v) is 3.11. The van der Waals surface area contributed by atoms with E-state index >= 15 is 0 Å². The zero-order valence-electron chi connectivity index (χ0n) is 14.1. The Morgan fingerprint density at radius 3 is 2.75 bits per heavy atom. The third-order valence-corrected chi connectivity index (χ3v) is 4.40. The van der Waals surface area contributed by atoms with Crippen molar-refractivity contribution in [2.75, 3.05) is 5.32 Å². The molecule has 0 aliphatic carbocycles. The molecule has 126 valence electrons. The number of carbonyl (C=O) groups excluding carboxylic acids is 1. The molecule has 8 heteroatoms. The predicted molar refractivity (Wildman–Crippen MR) is 95.3 cm³/mol. The number of hydrogen-bond donors (Lipinski definition) is 2. The Morgan fingerprint density at radius 2 is 2.08 bits per heavy atom. The van der Waals surface area contributed by atoms with E-state index in [1.807, 2.05) is 30.0 Å². The first-order valence-corrected chi connectivity index (χ1v) is 8.65. The van der Waals surface area contributed by atoms with Gasteiger partial charge in [0.15, 0.2) is 5.65 Å². The normalized spacial score (nSPS) is 12.5. The lowest BCUT2D eigenvalue weighted by Gasteiger charge is -2.13. The first-order valence-electron chi connectivity index (χ1n) is 7.77. The molecule has 3 rings (SSSR count). The molecule has 0 aliphatic rings. The maximum atomic E-state index is 12.2. The summed E-state index contributed by atoms with van der Waals surface area (Å²) in [5.74, 6) is 0. The fourth-order valence-electron chi connectivity index (χ4n) is 2.40. The van der Waals surface area contributed by atoms with Crippen LogP contribution < -0.4 is 10.6 Å². The lowest BCUT2D eigenvalue weighted by atomic mass is 10.2. The van der Waals surface area contributed by atoms with E-state index in [0.717, 1.165) is 21.7 Å². The zero-order valence-corrected chi connectivity index (χ0v) is 14.9. The van der Waals surface area contributed by atoms with Gasteiger partial charge in [0, 0.05) is 16.8 Å². The molecule has 2 N–H and O–H groups in total. The number of pyridine rings is 1. The van der Waals surface area contributed by atoms with Gasteiger partial charge < -0.3 is 10.6 Å². The van der Waals surface area contributed by atoms with Crippen molar-refractivity contribution in [3.63, 3.8) is 0 Å². The van der Waals surface area contributed by atoms with E-state index < -0.39 is 0 Å². The molecule has 1 atom stereocenters. The van der Waals surface area contributed by atoms with Gasteiger partial charge in [-0.1, -0.05) is 0 Å². The van der Waals surface area contributed by atoms with E-state index in [1.54, 1.807) is 23.7 Å². The van der Waals surface area contributed by atoms with Crippen LogP contribution in [0.15, 0.2) is 23.8 Å². The van der Waals surface area contributed by atoms with Crippen LogP contribution in [0.5, 0.6) is 0 Å². The molecule has 3 heterocycles. The van der Waals surface area contributed by atoms with Crippen LogP contribution in [-0.2, 0) is 0 Å². The Bertz CT molecular complexity index is 868. The van der Waals surface area contributed by atoms with Gasteiger partial charge in [-0.25, -0.2) is 19.4 Å². The van der Waals surface area contributed by atoms with Crippen molar-refractivity contribution in [1.29, 1.82) is 0 Å². The average molecular weight is 344 g/mol. The summed E-state index contributed by atoms with van der Waals surface area (Å²) in [5.41, 5.74) is 2.30. The first kappa shape index (κ1) is 16.4. The third-order valence-electron chi connectivity index (χ3n) is 3.61. The summed E-state index contributed by atoms with van der Waals surface area (Å²) in [4.78, 5) is 20.9. The van der Waals surface area contributed by atoms with Gasteiger partial charge in [0.25, 0.3) is 0 Å². The molecule has 0 aromatic carbocycles. The van der Waals surface area contributed by atoms with Crippen molar-refractivity contribution < 1.29 is 4.79 Å². The molecule has 0 spiro atoms. The lowest BCUT2D eigenvalue weighted by Crippen LogP contribution is -2.31. The van der Waals surface area contributed by atoms with Crippen LogP contribution >= 0.6 is 11.3 Å². The number of urea groups is 1. The quantitative estimate of drug-likeness (QED) is 0.756. The molecule has 24 heavy (non-hydrogen) atoms. The molecule has 0 radical (unpaired) electrons. The Hall–Kier alpha value is -2.48. The number of aromatic nitrogens is 4. The minimum Gasteiger partial charge on any atom is -0.330 e. The number of aryl methyl sites for hydroxylation is 1. The summed E-state index contributed by atoms with van der Waals surface area (Å²) in [5, 5.41) is 13.8. The highest BCUT2D eigenvalue weighted by atomic mass is 32.1. The standard InChI is InChI=1S/C16H20N6OS/c1-9(2)22-15-12(6-18-22)5-13(7-17-15)21-16(23)19-10(3)14-8-24-11(4)20-14/h5-10H,1-4H3,(H2,19,21,23). The summed E-state index contributed by atoms with van der Waals surface area (Å²) in [6, 6.07) is 1.66. The maximum Gasteiger partial charge on any atom is 0.319 e. The van der Waals surface area contributed by atoms with Crippen LogP contribution in [-0.4, -0.2) is 25.8 Å². The van der Waals surface area contributed by atoms with E-state index in [4.69, 9.17) is 0 Å². The Labute approximate surface area is 144 Å². The molecule has 3 aromatic rings. The van der Waals surface area contributed by atoms with E-state index in [1.165, 1.54) is 0 Å². The van der Waals surface area contributed by atoms with Gasteiger partial charge in [-0.05, 0) is 33.8 Å². The smallest absolute Gasteiger partial charge is 0.319 e. The van der Waals surface area contributed by atoms with Crippen molar-refractivity contribution in [3.8, 4) is 0 Å². The minimum absolute atomic E-state index is 0.157. The molecule has 0 bridgehead atoms. The molecule has 7 nitrogen and oxygen atoms in total. The number of fused-ring (bicyclic) bond motifs is 1. The van der Waals surface area contributed by atoms with E-state index in [-0.39, 0.29) is 18.1 Å². The second kappa shape index (κ2) is 6.56. The lowest BCUT2D eigenvalue weighted by molar-refractivity contribution is 0.249. The highest BCUT2D eigenvalue weighted by Gasteiger charge is 2.13. The second-order valence-corrected chi connectivity index (χ2v) is 6.99. The van der Waals surface area contributed by atoms with Gasteiger partial charge >= 0.3 is 6.03 Å². The van der Waals surface area contributed by atoms with Crippen molar-refractivity contribution >= 4 is 34.1 Å². The second-order valence-electron chi connectivity index (χ2n) is 5.93. The van der Waals surface area contributed by atoms with Crippen molar-refractivity contribution in [1.82, 2.24) is 25.1 Å². The topological polar surface area (TPSA) is 84.7 Å². The van der Waals surface area contributed by atoms with Crippen molar-refractivity contribution in [2.24, 2.45) is 0 Å². The Kier molecular flexibility index (Phi) is 4.48. The van der Waals surface area contributed by atoms with Gasteiger partial charge in [-0.3, -0.25) is 0 Å². The summed E-state index contributed by atoms with van der Waals surface area (Å²) in [7, 11) is 0. The van der Waals surface area contributed by atoms with Crippen LogP contribution in [0.4, 0.5) is 10.5 Å². The average Bonchev–Trinajstić information content (AvgIpc) is 3.12. The zero-order chi connectivity index (χ0) is 17.3. The molecular weight excluding hydrogens is 324 g/mol. The van der Waals surface area contributed by atoms with Gasteiger partial charge in [0.2, 0.25) is 0 Å². The van der Waals surface area contributed by atoms with E-state index in [0.29, 0.717) is 5.69 Å². The number of rotatable bonds is 4. The third kappa shape index (κ3) is 3.38. The molecule has 0 saturated heterocycles. The van der Waals surface area contributed by atoms with Crippen molar-refractivity contribution in [3.05, 3.63) is 34.5 Å². The van der Waals surface area contributed by atoms with Crippen LogP contribution in [0.3, 0.4) is 0 Å². The summed E-state index contributed by atoms with van der Waals surface area (Å²) >= 11 is 1.57. The van der Waals surface area contributed by atoms with E-state index in [2.05, 4.69) is 39.5 Å². The Morgan fingerprint density at radius 1 is 1.29 bits per heavy atom. The van der Waals surface area contributed by atoms with Crippen LogP contribution in [0.25, 0.3) is 11.0 Å². The minimum atomic E-state index is -0.287. The van der Waals surface area contributed by atoms with Gasteiger partial charge in [0.1, 0.15) is 0 Å². The van der Waals surface area contributed by atoms with Gasteiger partial charge in [0.05, 0.1) is 34.8 Å². The number of thiazole rings is 1. The molecule has 3 aromatic heterocycles. The summed E-state index contributed by atoms with van der Waals surface area (Å²) in [6.07, 6.45) is 3.40. The summed E-state index contributed by atoms with van der Waals surface area (Å²) < 4.78 is 1.85. The molecule has 0 fully saturated rings. The van der Waals surface area contributed by atoms with Crippen LogP contribution in [0.2, 0.25) is 0 Å². The van der Waals surface area contributed by atoms with E-state index in [9.17, 15) is 4.79 Å². The number of hydrogen-bond acceptors (Lipinski definition) is 5. The first-order chi connectivity index (χ1) is 11.4. The SMILES string of the molecule is Cc1nc(C(C)NC(=O)Nc2cnc3c(cnn3C(C)C)c2)cs1. The fraction of sp³-hybridized carbons (Fsp3) is 0.375. The number of carbonyl (C=O) groups is 1. The molecular formula is C16H20N6OS. The number of nitrogens with zero attached hydrogens (tertiary/aromatic N) is 4. The highest BCUT2D eigenvalue weighted by molar-refractivity contribution is 7.09. The molecule has 1 unspecified atom stereocenters. The molecule has 0 saturated carbocycles. The molecule has 2 amide bonds. The largest absolute Gasteiger partial charge is 0.330 e. The van der Waals surface area contributed by atoms with Crippen molar-refractivity contribution in [2.45, 2.75) is 39.8 Å². The predicted octanol–water partition coefficient (Wildman–Crippen LogP) is 3.66. The van der Waals surface area contributed by atoms with Gasteiger partial charge in [-0.2, -0.15) is 5.10 Å². The van der Waals surface area contributed by atoms with Gasteiger partial charge in [-0.15, -0.1) is 11.3 Å². The number of anilines is 1. The number of amides is 2. The molecule has 0 aliphatic heterocycles. The monoisotopic (exact) mass is 344 g/mol. The highest BCUT2D eigenvalue weighted by Crippen LogP contribution is 2.19.